The van der Waals surface area contributed by atoms with E-state index in [0.717, 1.165) is 11.1 Å². The number of carbonyl (C=O) groups excluding carboxylic acids is 3. The summed E-state index contributed by atoms with van der Waals surface area (Å²) in [6, 6.07) is 12.8. The number of hydrogen-bond donors (Lipinski definition) is 1. The maximum Gasteiger partial charge on any atom is 0.310 e. The standard InChI is InChI=1S/C24H29NO4/c1-15(2)19-8-11-21(22(13-19)16(3)4)23(27)14-29-24(28)12-18-6-9-20(10-7-18)25-17(5)26/h6-11,13,15-16H,12,14H2,1-5H3,(H,25,26). The maximum absolute atomic E-state index is 12.6. The minimum Gasteiger partial charge on any atom is -0.457 e. The van der Waals surface area contributed by atoms with Crippen LogP contribution in [0.1, 0.15) is 73.5 Å². The average molecular weight is 395 g/mol. The summed E-state index contributed by atoms with van der Waals surface area (Å²) < 4.78 is 5.21. The second-order valence-corrected chi connectivity index (χ2v) is 7.79. The van der Waals surface area contributed by atoms with Gasteiger partial charge in [0.15, 0.2) is 6.61 Å². The van der Waals surface area contributed by atoms with E-state index in [9.17, 15) is 14.4 Å². The van der Waals surface area contributed by atoms with E-state index < -0.39 is 5.97 Å². The van der Waals surface area contributed by atoms with Crippen LogP contribution in [0.4, 0.5) is 5.69 Å². The van der Waals surface area contributed by atoms with E-state index in [1.54, 1.807) is 24.3 Å². The van der Waals surface area contributed by atoms with Crippen molar-refractivity contribution in [3.8, 4) is 0 Å². The van der Waals surface area contributed by atoms with Crippen LogP contribution in [-0.2, 0) is 20.7 Å². The van der Waals surface area contributed by atoms with Crippen LogP contribution in [0.25, 0.3) is 0 Å². The molecule has 0 bridgehead atoms. The first-order chi connectivity index (χ1) is 13.7. The smallest absolute Gasteiger partial charge is 0.310 e. The van der Waals surface area contributed by atoms with Crippen molar-refractivity contribution >= 4 is 23.3 Å². The minimum atomic E-state index is -0.462. The number of ketones is 1. The van der Waals surface area contributed by atoms with Crippen molar-refractivity contribution in [1.82, 2.24) is 0 Å². The number of Topliss-reactive ketones (excluding diaryl/α,β-unsaturated/α-hetero) is 1. The summed E-state index contributed by atoms with van der Waals surface area (Å²) in [4.78, 5) is 35.8. The van der Waals surface area contributed by atoms with Gasteiger partial charge >= 0.3 is 5.97 Å². The van der Waals surface area contributed by atoms with Gasteiger partial charge in [0.05, 0.1) is 6.42 Å². The van der Waals surface area contributed by atoms with Crippen molar-refractivity contribution in [2.24, 2.45) is 0 Å². The zero-order chi connectivity index (χ0) is 21.6. The van der Waals surface area contributed by atoms with Crippen LogP contribution >= 0.6 is 0 Å². The zero-order valence-electron chi connectivity index (χ0n) is 17.7. The Bertz CT molecular complexity index is 882. The van der Waals surface area contributed by atoms with Gasteiger partial charge in [-0.05, 0) is 40.7 Å². The van der Waals surface area contributed by atoms with Gasteiger partial charge in [-0.2, -0.15) is 0 Å². The lowest BCUT2D eigenvalue weighted by molar-refractivity contribution is -0.141. The maximum atomic E-state index is 12.6. The van der Waals surface area contributed by atoms with Crippen LogP contribution in [0, 0.1) is 0 Å². The molecule has 2 rings (SSSR count). The van der Waals surface area contributed by atoms with E-state index in [4.69, 9.17) is 4.74 Å². The molecule has 29 heavy (non-hydrogen) atoms. The molecule has 0 atom stereocenters. The van der Waals surface area contributed by atoms with Crippen LogP contribution in [0.5, 0.6) is 0 Å². The number of hydrogen-bond acceptors (Lipinski definition) is 4. The quantitative estimate of drug-likeness (QED) is 0.512. The highest BCUT2D eigenvalue weighted by Gasteiger charge is 2.17. The number of benzene rings is 2. The van der Waals surface area contributed by atoms with Crippen molar-refractivity contribution in [1.29, 1.82) is 0 Å². The van der Waals surface area contributed by atoms with Gasteiger partial charge in [-0.15, -0.1) is 0 Å². The number of amides is 1. The fourth-order valence-electron chi connectivity index (χ4n) is 3.02. The summed E-state index contributed by atoms with van der Waals surface area (Å²) >= 11 is 0. The number of carbonyl (C=O) groups is 3. The number of ether oxygens (including phenoxy) is 1. The molecule has 0 aliphatic heterocycles. The molecule has 0 aliphatic carbocycles. The third kappa shape index (κ3) is 6.56. The summed E-state index contributed by atoms with van der Waals surface area (Å²) in [6.07, 6.45) is 0.0664. The molecule has 0 heterocycles. The van der Waals surface area contributed by atoms with E-state index in [1.165, 1.54) is 12.5 Å². The molecule has 0 saturated heterocycles. The molecule has 1 N–H and O–H groups in total. The first-order valence-corrected chi connectivity index (χ1v) is 9.86. The van der Waals surface area contributed by atoms with Gasteiger partial charge in [0.1, 0.15) is 0 Å². The molecule has 1 amide bonds. The summed E-state index contributed by atoms with van der Waals surface area (Å²) in [7, 11) is 0. The topological polar surface area (TPSA) is 72.5 Å². The Hall–Kier alpha value is -2.95. The fraction of sp³-hybridized carbons (Fsp3) is 0.375. The Labute approximate surface area is 172 Å². The predicted octanol–water partition coefficient (Wildman–Crippen LogP) is 4.86. The van der Waals surface area contributed by atoms with Crippen molar-refractivity contribution in [2.75, 3.05) is 11.9 Å². The van der Waals surface area contributed by atoms with Crippen molar-refractivity contribution in [3.05, 3.63) is 64.7 Å². The third-order valence-corrected chi connectivity index (χ3v) is 4.65. The molecular weight excluding hydrogens is 366 g/mol. The lowest BCUT2D eigenvalue weighted by atomic mass is 9.90. The normalized spacial score (nSPS) is 10.9. The van der Waals surface area contributed by atoms with Crippen molar-refractivity contribution in [3.63, 3.8) is 0 Å². The van der Waals surface area contributed by atoms with E-state index in [1.807, 2.05) is 26.0 Å². The van der Waals surface area contributed by atoms with Gasteiger partial charge in [-0.25, -0.2) is 0 Å². The molecular formula is C24H29NO4. The molecule has 0 unspecified atom stereocenters. The molecule has 0 saturated carbocycles. The lowest BCUT2D eigenvalue weighted by Gasteiger charge is -2.15. The van der Waals surface area contributed by atoms with Gasteiger partial charge in [0.2, 0.25) is 11.7 Å². The average Bonchev–Trinajstić information content (AvgIpc) is 2.66. The Balaban J connectivity index is 1.98. The van der Waals surface area contributed by atoms with Gasteiger partial charge in [-0.1, -0.05) is 58.0 Å². The summed E-state index contributed by atoms with van der Waals surface area (Å²) in [5.41, 5.74) is 4.18. The molecule has 5 nitrogen and oxygen atoms in total. The highest BCUT2D eigenvalue weighted by Crippen LogP contribution is 2.25. The Kier molecular flexibility index (Phi) is 7.71. The van der Waals surface area contributed by atoms with Crippen LogP contribution in [0.15, 0.2) is 42.5 Å². The monoisotopic (exact) mass is 395 g/mol. The SMILES string of the molecule is CC(=O)Nc1ccc(CC(=O)OCC(=O)c2ccc(C(C)C)cc2C(C)C)cc1. The highest BCUT2D eigenvalue weighted by molar-refractivity contribution is 5.99. The fourth-order valence-corrected chi connectivity index (χ4v) is 3.02. The molecule has 0 aromatic heterocycles. The molecule has 2 aromatic carbocycles. The lowest BCUT2D eigenvalue weighted by Crippen LogP contribution is -2.17. The Morgan fingerprint density at radius 2 is 1.59 bits per heavy atom. The molecule has 0 spiro atoms. The number of nitrogens with one attached hydrogen (secondary N) is 1. The predicted molar refractivity (Wildman–Crippen MR) is 114 cm³/mol. The third-order valence-electron chi connectivity index (χ3n) is 4.65. The molecule has 154 valence electrons. The highest BCUT2D eigenvalue weighted by atomic mass is 16.5. The minimum absolute atomic E-state index is 0.0664. The van der Waals surface area contributed by atoms with E-state index in [2.05, 4.69) is 25.2 Å². The van der Waals surface area contributed by atoms with Gasteiger partial charge in [0.25, 0.3) is 0 Å². The van der Waals surface area contributed by atoms with Gasteiger partial charge in [-0.3, -0.25) is 14.4 Å². The molecule has 2 aromatic rings. The molecule has 5 heteroatoms. The molecule has 0 aliphatic rings. The first-order valence-electron chi connectivity index (χ1n) is 9.86. The largest absolute Gasteiger partial charge is 0.457 e. The summed E-state index contributed by atoms with van der Waals surface area (Å²) in [5.74, 6) is -0.233. The van der Waals surface area contributed by atoms with Gasteiger partial charge < -0.3 is 10.1 Å². The summed E-state index contributed by atoms with van der Waals surface area (Å²) in [5, 5.41) is 2.67. The second kappa shape index (κ2) is 10.0. The van der Waals surface area contributed by atoms with E-state index in [-0.39, 0.29) is 30.6 Å². The van der Waals surface area contributed by atoms with Crippen LogP contribution in [-0.4, -0.2) is 24.3 Å². The van der Waals surface area contributed by atoms with Crippen molar-refractivity contribution in [2.45, 2.75) is 52.9 Å². The Morgan fingerprint density at radius 1 is 0.931 bits per heavy atom. The Morgan fingerprint density at radius 3 is 2.14 bits per heavy atom. The van der Waals surface area contributed by atoms with Crippen LogP contribution < -0.4 is 5.32 Å². The van der Waals surface area contributed by atoms with Crippen LogP contribution in [0.2, 0.25) is 0 Å². The van der Waals surface area contributed by atoms with Crippen LogP contribution in [0.3, 0.4) is 0 Å². The van der Waals surface area contributed by atoms with E-state index >= 15 is 0 Å². The van der Waals surface area contributed by atoms with E-state index in [0.29, 0.717) is 17.2 Å². The molecule has 0 fully saturated rings. The van der Waals surface area contributed by atoms with Gasteiger partial charge in [0, 0.05) is 18.2 Å². The number of anilines is 1. The zero-order valence-corrected chi connectivity index (χ0v) is 17.7. The second-order valence-electron chi connectivity index (χ2n) is 7.79. The first kappa shape index (κ1) is 22.3. The molecule has 0 radical (unpaired) electrons. The van der Waals surface area contributed by atoms with Crippen molar-refractivity contribution < 1.29 is 19.1 Å². The number of esters is 1. The summed E-state index contributed by atoms with van der Waals surface area (Å²) in [6.45, 7) is 9.49. The number of rotatable bonds is 8.